The quantitative estimate of drug-likeness (QED) is 0.575. The van der Waals surface area contributed by atoms with Gasteiger partial charge in [0.1, 0.15) is 11.8 Å². The van der Waals surface area contributed by atoms with Gasteiger partial charge in [-0.1, -0.05) is 41.9 Å². The number of amides is 2. The van der Waals surface area contributed by atoms with Gasteiger partial charge in [-0.25, -0.2) is 0 Å². The Morgan fingerprint density at radius 1 is 1.14 bits per heavy atom. The predicted molar refractivity (Wildman–Crippen MR) is 119 cm³/mol. The fourth-order valence-electron chi connectivity index (χ4n) is 2.79. The van der Waals surface area contributed by atoms with Gasteiger partial charge in [0.15, 0.2) is 6.61 Å². The number of halogens is 2. The lowest BCUT2D eigenvalue weighted by molar-refractivity contribution is -0.141. The van der Waals surface area contributed by atoms with E-state index in [1.54, 1.807) is 30.0 Å². The van der Waals surface area contributed by atoms with Crippen molar-refractivity contribution in [3.05, 3.63) is 63.6 Å². The van der Waals surface area contributed by atoms with Crippen LogP contribution in [0.25, 0.3) is 0 Å². The maximum atomic E-state index is 12.9. The fourth-order valence-corrected chi connectivity index (χ4v) is 3.59. The second-order valence-electron chi connectivity index (χ2n) is 7.03. The highest BCUT2D eigenvalue weighted by Gasteiger charge is 2.26. The lowest BCUT2D eigenvalue weighted by atomic mass is 10.1. The summed E-state index contributed by atoms with van der Waals surface area (Å²) in [6.07, 6.45) is 0.649. The minimum Gasteiger partial charge on any atom is -0.483 e. The van der Waals surface area contributed by atoms with Crippen LogP contribution in [0.3, 0.4) is 0 Å². The molecule has 0 aromatic heterocycles. The van der Waals surface area contributed by atoms with Gasteiger partial charge >= 0.3 is 0 Å². The van der Waals surface area contributed by atoms with Crippen LogP contribution in [0.15, 0.2) is 53.0 Å². The molecule has 7 heteroatoms. The van der Waals surface area contributed by atoms with Crippen LogP contribution in [0.1, 0.15) is 26.3 Å². The molecule has 0 heterocycles. The summed E-state index contributed by atoms with van der Waals surface area (Å²) in [5.41, 5.74) is 1.10. The first kappa shape index (κ1) is 23.2. The van der Waals surface area contributed by atoms with Crippen LogP contribution in [0, 0.1) is 0 Å². The number of hydrogen-bond acceptors (Lipinski definition) is 3. The second kappa shape index (κ2) is 11.2. The molecule has 2 amide bonds. The highest BCUT2D eigenvalue weighted by molar-refractivity contribution is 9.10. The van der Waals surface area contributed by atoms with Crippen LogP contribution in [0.5, 0.6) is 5.75 Å². The van der Waals surface area contributed by atoms with E-state index < -0.39 is 6.04 Å². The van der Waals surface area contributed by atoms with Gasteiger partial charge in [0.25, 0.3) is 5.91 Å². The van der Waals surface area contributed by atoms with Crippen molar-refractivity contribution >= 4 is 39.3 Å². The highest BCUT2D eigenvalue weighted by atomic mass is 79.9. The van der Waals surface area contributed by atoms with Crippen LogP contribution in [0.2, 0.25) is 5.02 Å². The summed E-state index contributed by atoms with van der Waals surface area (Å²) in [6.45, 7) is 5.76. The molecule has 0 saturated carbocycles. The van der Waals surface area contributed by atoms with E-state index >= 15 is 0 Å². The number of ether oxygens (including phenoxy) is 1. The Morgan fingerprint density at radius 2 is 1.83 bits per heavy atom. The monoisotopic (exact) mass is 480 g/mol. The van der Waals surface area contributed by atoms with Gasteiger partial charge in [0.2, 0.25) is 5.91 Å². The van der Waals surface area contributed by atoms with Gasteiger partial charge in [-0.15, -0.1) is 0 Å². The molecule has 2 rings (SSSR count). The van der Waals surface area contributed by atoms with Crippen LogP contribution in [-0.2, 0) is 16.0 Å². The average Bonchev–Trinajstić information content (AvgIpc) is 2.67. The Morgan fingerprint density at radius 3 is 2.45 bits per heavy atom. The largest absolute Gasteiger partial charge is 0.483 e. The third-order valence-electron chi connectivity index (χ3n) is 4.33. The van der Waals surface area contributed by atoms with Crippen molar-refractivity contribution in [3.63, 3.8) is 0 Å². The molecule has 0 unspecified atom stereocenters. The van der Waals surface area contributed by atoms with Crippen LogP contribution < -0.4 is 10.1 Å². The van der Waals surface area contributed by atoms with E-state index in [0.717, 1.165) is 5.56 Å². The number of benzene rings is 2. The highest BCUT2D eigenvalue weighted by Crippen LogP contribution is 2.28. The van der Waals surface area contributed by atoms with Gasteiger partial charge in [-0.05, 0) is 66.9 Å². The predicted octanol–water partition coefficient (Wildman–Crippen LogP) is 4.47. The maximum absolute atomic E-state index is 12.9. The molecule has 29 heavy (non-hydrogen) atoms. The first-order valence-corrected chi connectivity index (χ1v) is 10.7. The van der Waals surface area contributed by atoms with E-state index in [1.165, 1.54) is 0 Å². The van der Waals surface area contributed by atoms with Crippen molar-refractivity contribution in [2.75, 3.05) is 13.2 Å². The molecule has 156 valence electrons. The standard InChI is InChI=1S/C22H26BrClN2O3/c1-15(2)25-22(28)16(3)26(12-11-17-7-5-4-6-8-17)21(27)14-29-20-10-9-18(24)13-19(20)23/h4-10,13,15-16H,11-12,14H2,1-3H3,(H,25,28)/t16-/m0/s1. The summed E-state index contributed by atoms with van der Waals surface area (Å²) in [5.74, 6) is 0.0771. The summed E-state index contributed by atoms with van der Waals surface area (Å²) < 4.78 is 6.34. The van der Waals surface area contributed by atoms with Crippen molar-refractivity contribution in [1.82, 2.24) is 10.2 Å². The van der Waals surface area contributed by atoms with E-state index in [4.69, 9.17) is 16.3 Å². The summed E-state index contributed by atoms with van der Waals surface area (Å²) >= 11 is 9.32. The molecule has 0 aliphatic rings. The Kier molecular flexibility index (Phi) is 8.99. The zero-order valence-electron chi connectivity index (χ0n) is 16.8. The summed E-state index contributed by atoms with van der Waals surface area (Å²) in [7, 11) is 0. The molecule has 0 aliphatic heterocycles. The third-order valence-corrected chi connectivity index (χ3v) is 5.18. The molecule has 0 spiro atoms. The molecular weight excluding hydrogens is 456 g/mol. The van der Waals surface area contributed by atoms with Gasteiger partial charge < -0.3 is 15.0 Å². The SMILES string of the molecule is CC(C)NC(=O)[C@H](C)N(CCc1ccccc1)C(=O)COc1ccc(Cl)cc1Br. The zero-order valence-corrected chi connectivity index (χ0v) is 19.2. The van der Waals surface area contributed by atoms with Gasteiger partial charge in [-0.3, -0.25) is 9.59 Å². The number of nitrogens with zero attached hydrogens (tertiary/aromatic N) is 1. The molecule has 1 atom stereocenters. The lowest BCUT2D eigenvalue weighted by Gasteiger charge is -2.29. The normalized spacial score (nSPS) is 11.8. The van der Waals surface area contributed by atoms with Crippen molar-refractivity contribution in [1.29, 1.82) is 0 Å². The molecule has 0 radical (unpaired) electrons. The molecule has 0 fully saturated rings. The molecule has 2 aromatic carbocycles. The Balaban J connectivity index is 2.09. The number of hydrogen-bond donors (Lipinski definition) is 1. The van der Waals surface area contributed by atoms with Crippen LogP contribution in [-0.4, -0.2) is 41.9 Å². The number of rotatable bonds is 9. The average molecular weight is 482 g/mol. The Labute approximate surface area is 185 Å². The van der Waals surface area contributed by atoms with E-state index in [0.29, 0.717) is 28.2 Å². The molecule has 2 aromatic rings. The lowest BCUT2D eigenvalue weighted by Crippen LogP contribution is -2.51. The van der Waals surface area contributed by atoms with Crippen molar-refractivity contribution in [2.45, 2.75) is 39.3 Å². The van der Waals surface area contributed by atoms with E-state index in [1.807, 2.05) is 44.2 Å². The molecule has 0 saturated heterocycles. The molecule has 5 nitrogen and oxygen atoms in total. The topological polar surface area (TPSA) is 58.6 Å². The van der Waals surface area contributed by atoms with E-state index in [-0.39, 0.29) is 24.5 Å². The summed E-state index contributed by atoms with van der Waals surface area (Å²) in [6, 6.07) is 14.3. The van der Waals surface area contributed by atoms with Gasteiger partial charge in [-0.2, -0.15) is 0 Å². The number of carbonyl (C=O) groups is 2. The molecule has 0 aliphatic carbocycles. The van der Waals surface area contributed by atoms with E-state index in [9.17, 15) is 9.59 Å². The van der Waals surface area contributed by atoms with Crippen molar-refractivity contribution in [3.8, 4) is 5.75 Å². The minimum atomic E-state index is -0.606. The molecule has 1 N–H and O–H groups in total. The first-order chi connectivity index (χ1) is 13.8. The minimum absolute atomic E-state index is 0.00250. The van der Waals surface area contributed by atoms with Crippen molar-refractivity contribution < 1.29 is 14.3 Å². The molecular formula is C22H26BrClN2O3. The zero-order chi connectivity index (χ0) is 21.4. The van der Waals surface area contributed by atoms with Crippen LogP contribution >= 0.6 is 27.5 Å². The number of nitrogens with one attached hydrogen (secondary N) is 1. The second-order valence-corrected chi connectivity index (χ2v) is 8.32. The van der Waals surface area contributed by atoms with Crippen molar-refractivity contribution in [2.24, 2.45) is 0 Å². The fraction of sp³-hybridized carbons (Fsp3) is 0.364. The van der Waals surface area contributed by atoms with Gasteiger partial charge in [0, 0.05) is 17.6 Å². The first-order valence-electron chi connectivity index (χ1n) is 9.49. The Hall–Kier alpha value is -2.05. The Bertz CT molecular complexity index is 830. The number of carbonyl (C=O) groups excluding carboxylic acids is 2. The maximum Gasteiger partial charge on any atom is 0.261 e. The van der Waals surface area contributed by atoms with E-state index in [2.05, 4.69) is 21.2 Å². The van der Waals surface area contributed by atoms with Crippen LogP contribution in [0.4, 0.5) is 0 Å². The third kappa shape index (κ3) is 7.37. The summed E-state index contributed by atoms with van der Waals surface area (Å²) in [5, 5.41) is 3.44. The smallest absolute Gasteiger partial charge is 0.261 e. The van der Waals surface area contributed by atoms with Gasteiger partial charge in [0.05, 0.1) is 4.47 Å². The summed E-state index contributed by atoms with van der Waals surface area (Å²) in [4.78, 5) is 27.0. The molecule has 0 bridgehead atoms.